The molecule has 136 valence electrons. The number of rotatable bonds is 2. The Morgan fingerprint density at radius 3 is 2.58 bits per heavy atom. The van der Waals surface area contributed by atoms with Crippen molar-refractivity contribution in [2.24, 2.45) is 5.92 Å². The van der Waals surface area contributed by atoms with Gasteiger partial charge in [0.15, 0.2) is 5.82 Å². The average Bonchev–Trinajstić information content (AvgIpc) is 3.25. The summed E-state index contributed by atoms with van der Waals surface area (Å²) in [5, 5.41) is 3.95. The van der Waals surface area contributed by atoms with Gasteiger partial charge in [-0.15, -0.1) is 0 Å². The maximum absolute atomic E-state index is 13.0. The van der Waals surface area contributed by atoms with E-state index in [4.69, 9.17) is 4.52 Å². The minimum absolute atomic E-state index is 0.000868. The molecule has 0 N–H and O–H groups in total. The summed E-state index contributed by atoms with van der Waals surface area (Å²) in [6.45, 7) is 5.69. The minimum Gasteiger partial charge on any atom is -0.341 e. The Hall–Kier alpha value is -2.70. The van der Waals surface area contributed by atoms with Gasteiger partial charge in [0.05, 0.1) is 5.41 Å². The SMILES string of the molecule is CC(=O)N1C[C@@H]2CCN(C(=O)c3ccccc3)C[C@]2(c2nc(C)no2)C1. The van der Waals surface area contributed by atoms with Crippen molar-refractivity contribution in [1.82, 2.24) is 19.9 Å². The first kappa shape index (κ1) is 16.8. The molecule has 3 heterocycles. The molecule has 2 aliphatic rings. The second-order valence-electron chi connectivity index (χ2n) is 7.28. The zero-order valence-corrected chi connectivity index (χ0v) is 15.0. The van der Waals surface area contributed by atoms with Gasteiger partial charge in [0, 0.05) is 38.7 Å². The van der Waals surface area contributed by atoms with E-state index in [9.17, 15) is 9.59 Å². The topological polar surface area (TPSA) is 79.5 Å². The number of benzene rings is 1. The molecular formula is C19H22N4O3. The molecule has 0 saturated carbocycles. The highest BCUT2D eigenvalue weighted by molar-refractivity contribution is 5.94. The van der Waals surface area contributed by atoms with E-state index in [1.54, 1.807) is 13.8 Å². The summed E-state index contributed by atoms with van der Waals surface area (Å²) in [6, 6.07) is 9.28. The second kappa shape index (κ2) is 6.23. The molecule has 7 nitrogen and oxygen atoms in total. The lowest BCUT2D eigenvalue weighted by atomic mass is 9.73. The van der Waals surface area contributed by atoms with Crippen molar-refractivity contribution in [3.05, 3.63) is 47.6 Å². The standard InChI is InChI=1S/C19H22N4O3/c1-13-20-18(26-21-13)19-11-22(17(25)15-6-4-3-5-7-15)9-8-16(19)10-23(12-19)14(2)24/h3-7,16H,8-12H2,1-2H3/t16-,19-/m0/s1. The van der Waals surface area contributed by atoms with E-state index >= 15 is 0 Å². The van der Waals surface area contributed by atoms with Gasteiger partial charge < -0.3 is 14.3 Å². The smallest absolute Gasteiger partial charge is 0.253 e. The molecule has 1 aromatic carbocycles. The fourth-order valence-electron chi connectivity index (χ4n) is 4.24. The van der Waals surface area contributed by atoms with Crippen LogP contribution in [0.25, 0.3) is 0 Å². The van der Waals surface area contributed by atoms with E-state index in [-0.39, 0.29) is 17.7 Å². The first-order valence-corrected chi connectivity index (χ1v) is 8.90. The van der Waals surface area contributed by atoms with Gasteiger partial charge in [0.2, 0.25) is 11.8 Å². The summed E-state index contributed by atoms with van der Waals surface area (Å²) >= 11 is 0. The first-order valence-electron chi connectivity index (χ1n) is 8.90. The van der Waals surface area contributed by atoms with Crippen molar-refractivity contribution in [3.8, 4) is 0 Å². The van der Waals surface area contributed by atoms with E-state index in [1.165, 1.54) is 0 Å². The number of carbonyl (C=O) groups is 2. The van der Waals surface area contributed by atoms with Gasteiger partial charge in [-0.2, -0.15) is 4.98 Å². The zero-order valence-electron chi connectivity index (χ0n) is 15.0. The Bertz CT molecular complexity index is 834. The lowest BCUT2D eigenvalue weighted by Crippen LogP contribution is -2.53. The normalized spacial score (nSPS) is 25.2. The molecule has 0 radical (unpaired) electrons. The number of hydrogen-bond acceptors (Lipinski definition) is 5. The number of carbonyl (C=O) groups excluding carboxylic acids is 2. The predicted octanol–water partition coefficient (Wildman–Crippen LogP) is 1.64. The molecular weight excluding hydrogens is 332 g/mol. The predicted molar refractivity (Wildman–Crippen MR) is 93.4 cm³/mol. The molecule has 26 heavy (non-hydrogen) atoms. The fourth-order valence-corrected chi connectivity index (χ4v) is 4.24. The number of likely N-dealkylation sites (tertiary alicyclic amines) is 2. The summed E-state index contributed by atoms with van der Waals surface area (Å²) in [5.41, 5.74) is 0.180. The molecule has 4 rings (SSSR count). The molecule has 0 bridgehead atoms. The fraction of sp³-hybridized carbons (Fsp3) is 0.474. The lowest BCUT2D eigenvalue weighted by molar-refractivity contribution is -0.128. The van der Waals surface area contributed by atoms with Gasteiger partial charge in [-0.25, -0.2) is 0 Å². The summed E-state index contributed by atoms with van der Waals surface area (Å²) < 4.78 is 5.53. The largest absolute Gasteiger partial charge is 0.341 e. The number of aryl methyl sites for hydroxylation is 1. The van der Waals surface area contributed by atoms with Crippen LogP contribution < -0.4 is 0 Å². The molecule has 1 aromatic heterocycles. The van der Waals surface area contributed by atoms with Crippen LogP contribution in [0.2, 0.25) is 0 Å². The number of aromatic nitrogens is 2. The van der Waals surface area contributed by atoms with Crippen LogP contribution >= 0.6 is 0 Å². The number of amides is 2. The van der Waals surface area contributed by atoms with E-state index < -0.39 is 5.41 Å². The van der Waals surface area contributed by atoms with Crippen LogP contribution in [0.15, 0.2) is 34.9 Å². The van der Waals surface area contributed by atoms with Crippen molar-refractivity contribution < 1.29 is 14.1 Å². The lowest BCUT2D eigenvalue weighted by Gasteiger charge is -2.41. The highest BCUT2D eigenvalue weighted by Gasteiger charge is 2.55. The molecule has 2 atom stereocenters. The number of fused-ring (bicyclic) bond motifs is 1. The summed E-state index contributed by atoms with van der Waals surface area (Å²) in [7, 11) is 0. The van der Waals surface area contributed by atoms with Crippen molar-refractivity contribution in [3.63, 3.8) is 0 Å². The summed E-state index contributed by atoms with van der Waals surface area (Å²) in [4.78, 5) is 33.1. The zero-order chi connectivity index (χ0) is 18.3. The van der Waals surface area contributed by atoms with Crippen molar-refractivity contribution in [2.45, 2.75) is 25.7 Å². The van der Waals surface area contributed by atoms with Gasteiger partial charge in [0.1, 0.15) is 0 Å². The van der Waals surface area contributed by atoms with Gasteiger partial charge in [-0.1, -0.05) is 23.4 Å². The minimum atomic E-state index is -0.490. The van der Waals surface area contributed by atoms with Crippen LogP contribution in [0.3, 0.4) is 0 Å². The van der Waals surface area contributed by atoms with Crippen LogP contribution in [-0.4, -0.2) is 57.9 Å². The Kier molecular flexibility index (Phi) is 4.01. The van der Waals surface area contributed by atoms with E-state index in [0.717, 1.165) is 6.42 Å². The van der Waals surface area contributed by atoms with Crippen molar-refractivity contribution >= 4 is 11.8 Å². The van der Waals surface area contributed by atoms with Crippen molar-refractivity contribution in [2.75, 3.05) is 26.2 Å². The number of hydrogen-bond donors (Lipinski definition) is 0. The van der Waals surface area contributed by atoms with Crippen LogP contribution in [0.1, 0.15) is 35.4 Å². The Morgan fingerprint density at radius 1 is 1.19 bits per heavy atom. The third-order valence-corrected chi connectivity index (χ3v) is 5.62. The second-order valence-corrected chi connectivity index (χ2v) is 7.28. The number of piperidine rings is 1. The summed E-state index contributed by atoms with van der Waals surface area (Å²) in [6.07, 6.45) is 0.809. The molecule has 0 unspecified atom stereocenters. The van der Waals surface area contributed by atoms with Gasteiger partial charge in [-0.05, 0) is 31.4 Å². The monoisotopic (exact) mass is 354 g/mol. The van der Waals surface area contributed by atoms with Crippen LogP contribution in [-0.2, 0) is 10.2 Å². The van der Waals surface area contributed by atoms with Crippen molar-refractivity contribution in [1.29, 1.82) is 0 Å². The highest BCUT2D eigenvalue weighted by Crippen LogP contribution is 2.44. The Labute approximate surface area is 152 Å². The van der Waals surface area contributed by atoms with Crippen LogP contribution in [0, 0.1) is 12.8 Å². The van der Waals surface area contributed by atoms with E-state index in [2.05, 4.69) is 10.1 Å². The first-order chi connectivity index (χ1) is 12.5. The summed E-state index contributed by atoms with van der Waals surface area (Å²) in [5.74, 6) is 1.36. The van der Waals surface area contributed by atoms with Crippen LogP contribution in [0.4, 0.5) is 0 Å². The molecule has 2 fully saturated rings. The quantitative estimate of drug-likeness (QED) is 0.819. The molecule has 2 amide bonds. The molecule has 0 spiro atoms. The van der Waals surface area contributed by atoms with Gasteiger partial charge in [-0.3, -0.25) is 9.59 Å². The number of nitrogens with zero attached hydrogens (tertiary/aromatic N) is 4. The van der Waals surface area contributed by atoms with Gasteiger partial charge >= 0.3 is 0 Å². The van der Waals surface area contributed by atoms with Crippen LogP contribution in [0.5, 0.6) is 0 Å². The van der Waals surface area contributed by atoms with Gasteiger partial charge in [0.25, 0.3) is 5.91 Å². The molecule has 2 saturated heterocycles. The maximum atomic E-state index is 13.0. The molecule has 0 aliphatic carbocycles. The molecule has 2 aliphatic heterocycles. The molecule has 2 aromatic rings. The van der Waals surface area contributed by atoms with E-state index in [0.29, 0.717) is 43.5 Å². The Morgan fingerprint density at radius 2 is 1.92 bits per heavy atom. The van der Waals surface area contributed by atoms with E-state index in [1.807, 2.05) is 40.1 Å². The Balaban J connectivity index is 1.68. The third kappa shape index (κ3) is 2.67. The molecule has 7 heteroatoms. The highest BCUT2D eigenvalue weighted by atomic mass is 16.5. The maximum Gasteiger partial charge on any atom is 0.253 e. The average molecular weight is 354 g/mol. The third-order valence-electron chi connectivity index (χ3n) is 5.62.